The van der Waals surface area contributed by atoms with Crippen molar-refractivity contribution >= 4 is 5.91 Å². The number of carbonyl (C=O) groups excluding carboxylic acids is 1. The molecule has 1 unspecified atom stereocenters. The average Bonchev–Trinajstić information content (AvgIpc) is 2.44. The van der Waals surface area contributed by atoms with Crippen LogP contribution in [0.4, 0.5) is 0 Å². The molecule has 1 amide bonds. The first kappa shape index (κ1) is 16.4. The minimum Gasteiger partial charge on any atom is -0.492 e. The molecule has 1 atom stereocenters. The molecule has 0 aliphatic carbocycles. The van der Waals surface area contributed by atoms with Crippen LogP contribution >= 0.6 is 0 Å². The standard InChI is InChI=1S/C15H25N3O2/c1-4-12(16)10-13-7-8-14(11-17-13)20-9-5-6-15(19)18(2)3/h7-8,11-12H,4-6,9-10,16H2,1-3H3. The average molecular weight is 279 g/mol. The van der Waals surface area contributed by atoms with E-state index in [1.54, 1.807) is 25.2 Å². The summed E-state index contributed by atoms with van der Waals surface area (Å²) in [6.45, 7) is 2.59. The van der Waals surface area contributed by atoms with Gasteiger partial charge in [-0.2, -0.15) is 0 Å². The third kappa shape index (κ3) is 6.02. The van der Waals surface area contributed by atoms with Gasteiger partial charge in [0.05, 0.1) is 12.8 Å². The SMILES string of the molecule is CCC(N)Cc1ccc(OCCCC(=O)N(C)C)cn1. The van der Waals surface area contributed by atoms with Gasteiger partial charge in [-0.05, 0) is 25.0 Å². The second kappa shape index (κ2) is 8.53. The first-order chi connectivity index (χ1) is 9.52. The van der Waals surface area contributed by atoms with Crippen molar-refractivity contribution in [2.24, 2.45) is 5.73 Å². The molecule has 0 bridgehead atoms. The Morgan fingerprint density at radius 3 is 2.75 bits per heavy atom. The molecule has 5 heteroatoms. The summed E-state index contributed by atoms with van der Waals surface area (Å²) in [7, 11) is 3.51. The maximum atomic E-state index is 11.4. The number of amides is 1. The van der Waals surface area contributed by atoms with Gasteiger partial charge in [0, 0.05) is 38.7 Å². The van der Waals surface area contributed by atoms with Crippen molar-refractivity contribution in [3.05, 3.63) is 24.0 Å². The van der Waals surface area contributed by atoms with Gasteiger partial charge >= 0.3 is 0 Å². The molecule has 0 radical (unpaired) electrons. The van der Waals surface area contributed by atoms with Gasteiger partial charge in [-0.25, -0.2) is 0 Å². The summed E-state index contributed by atoms with van der Waals surface area (Å²) >= 11 is 0. The number of nitrogens with two attached hydrogens (primary N) is 1. The van der Waals surface area contributed by atoms with Crippen LogP contribution in [0.2, 0.25) is 0 Å². The number of aromatic nitrogens is 1. The van der Waals surface area contributed by atoms with E-state index in [-0.39, 0.29) is 11.9 Å². The van der Waals surface area contributed by atoms with Gasteiger partial charge in [-0.3, -0.25) is 9.78 Å². The zero-order valence-electron chi connectivity index (χ0n) is 12.6. The highest BCUT2D eigenvalue weighted by molar-refractivity contribution is 5.75. The molecular weight excluding hydrogens is 254 g/mol. The molecule has 20 heavy (non-hydrogen) atoms. The molecule has 0 aromatic carbocycles. The Labute approximate surface area is 121 Å². The molecule has 0 saturated carbocycles. The van der Waals surface area contributed by atoms with Crippen molar-refractivity contribution in [1.82, 2.24) is 9.88 Å². The molecule has 1 aromatic heterocycles. The van der Waals surface area contributed by atoms with E-state index < -0.39 is 0 Å². The van der Waals surface area contributed by atoms with Gasteiger partial charge < -0.3 is 15.4 Å². The third-order valence-electron chi connectivity index (χ3n) is 3.10. The van der Waals surface area contributed by atoms with Gasteiger partial charge in [0.2, 0.25) is 5.91 Å². The van der Waals surface area contributed by atoms with Crippen LogP contribution in [0.15, 0.2) is 18.3 Å². The highest BCUT2D eigenvalue weighted by Gasteiger charge is 2.05. The second-order valence-corrected chi connectivity index (χ2v) is 5.10. The predicted octanol–water partition coefficient (Wildman–Crippen LogP) is 1.61. The monoisotopic (exact) mass is 279 g/mol. The number of nitrogens with zero attached hydrogens (tertiary/aromatic N) is 2. The number of pyridine rings is 1. The van der Waals surface area contributed by atoms with E-state index in [4.69, 9.17) is 10.5 Å². The molecule has 1 heterocycles. The Hall–Kier alpha value is -1.62. The predicted molar refractivity (Wildman–Crippen MR) is 79.6 cm³/mol. The van der Waals surface area contributed by atoms with Crippen LogP contribution in [0.25, 0.3) is 0 Å². The molecule has 0 aliphatic heterocycles. The number of rotatable bonds is 8. The highest BCUT2D eigenvalue weighted by atomic mass is 16.5. The van der Waals surface area contributed by atoms with E-state index in [1.807, 2.05) is 12.1 Å². The van der Waals surface area contributed by atoms with E-state index in [0.29, 0.717) is 19.4 Å². The normalized spacial score (nSPS) is 12.0. The third-order valence-corrected chi connectivity index (χ3v) is 3.10. The minimum atomic E-state index is 0.121. The highest BCUT2D eigenvalue weighted by Crippen LogP contribution is 2.11. The van der Waals surface area contributed by atoms with Gasteiger partial charge in [-0.15, -0.1) is 0 Å². The molecule has 1 aromatic rings. The van der Waals surface area contributed by atoms with Crippen LogP contribution in [0.1, 0.15) is 31.9 Å². The molecule has 1 rings (SSSR count). The van der Waals surface area contributed by atoms with Crippen molar-refractivity contribution in [2.45, 2.75) is 38.6 Å². The topological polar surface area (TPSA) is 68.5 Å². The fourth-order valence-electron chi connectivity index (χ4n) is 1.67. The van der Waals surface area contributed by atoms with E-state index in [0.717, 1.165) is 24.3 Å². The molecular formula is C15H25N3O2. The fourth-order valence-corrected chi connectivity index (χ4v) is 1.67. The minimum absolute atomic E-state index is 0.121. The summed E-state index contributed by atoms with van der Waals surface area (Å²) in [4.78, 5) is 17.3. The van der Waals surface area contributed by atoms with Crippen LogP contribution in [-0.2, 0) is 11.2 Å². The summed E-state index contributed by atoms with van der Waals surface area (Å²) in [5.41, 5.74) is 6.87. The number of ether oxygens (including phenoxy) is 1. The largest absolute Gasteiger partial charge is 0.492 e. The summed E-state index contributed by atoms with van der Waals surface area (Å²) < 4.78 is 5.56. The summed E-state index contributed by atoms with van der Waals surface area (Å²) in [5.74, 6) is 0.853. The van der Waals surface area contributed by atoms with E-state index in [2.05, 4.69) is 11.9 Å². The lowest BCUT2D eigenvalue weighted by Crippen LogP contribution is -2.22. The second-order valence-electron chi connectivity index (χ2n) is 5.10. The lowest BCUT2D eigenvalue weighted by molar-refractivity contribution is -0.128. The Kier molecular flexibility index (Phi) is 7.01. The Morgan fingerprint density at radius 1 is 1.45 bits per heavy atom. The van der Waals surface area contributed by atoms with E-state index in [1.165, 1.54) is 0 Å². The van der Waals surface area contributed by atoms with Gasteiger partial charge in [-0.1, -0.05) is 6.92 Å². The molecule has 0 saturated heterocycles. The zero-order chi connectivity index (χ0) is 15.0. The van der Waals surface area contributed by atoms with Crippen molar-refractivity contribution in [3.63, 3.8) is 0 Å². The Balaban J connectivity index is 2.29. The molecule has 0 aliphatic rings. The van der Waals surface area contributed by atoms with Crippen LogP contribution in [0.3, 0.4) is 0 Å². The van der Waals surface area contributed by atoms with Crippen LogP contribution in [0.5, 0.6) is 5.75 Å². The van der Waals surface area contributed by atoms with Crippen LogP contribution in [-0.4, -0.2) is 42.5 Å². The summed E-state index contributed by atoms with van der Waals surface area (Å²) in [6.07, 6.45) is 4.66. The van der Waals surface area contributed by atoms with Gasteiger partial charge in [0.25, 0.3) is 0 Å². The van der Waals surface area contributed by atoms with Crippen molar-refractivity contribution in [2.75, 3.05) is 20.7 Å². The first-order valence-electron chi connectivity index (χ1n) is 7.06. The van der Waals surface area contributed by atoms with Gasteiger partial charge in [0.15, 0.2) is 0 Å². The first-order valence-corrected chi connectivity index (χ1v) is 7.06. The Bertz CT molecular complexity index is 404. The zero-order valence-corrected chi connectivity index (χ0v) is 12.6. The molecule has 112 valence electrons. The molecule has 5 nitrogen and oxygen atoms in total. The number of hydrogen-bond donors (Lipinski definition) is 1. The van der Waals surface area contributed by atoms with Crippen molar-refractivity contribution in [1.29, 1.82) is 0 Å². The van der Waals surface area contributed by atoms with Crippen LogP contribution < -0.4 is 10.5 Å². The number of hydrogen-bond acceptors (Lipinski definition) is 4. The van der Waals surface area contributed by atoms with Crippen LogP contribution in [0, 0.1) is 0 Å². The summed E-state index contributed by atoms with van der Waals surface area (Å²) in [6, 6.07) is 4.00. The maximum absolute atomic E-state index is 11.4. The quantitative estimate of drug-likeness (QED) is 0.734. The van der Waals surface area contributed by atoms with E-state index >= 15 is 0 Å². The van der Waals surface area contributed by atoms with Crippen molar-refractivity contribution in [3.8, 4) is 5.75 Å². The number of carbonyl (C=O) groups is 1. The molecule has 2 N–H and O–H groups in total. The maximum Gasteiger partial charge on any atom is 0.222 e. The fraction of sp³-hybridized carbons (Fsp3) is 0.600. The Morgan fingerprint density at radius 2 is 2.20 bits per heavy atom. The lowest BCUT2D eigenvalue weighted by Gasteiger charge is -2.11. The summed E-state index contributed by atoms with van der Waals surface area (Å²) in [5, 5.41) is 0. The van der Waals surface area contributed by atoms with Crippen molar-refractivity contribution < 1.29 is 9.53 Å². The molecule has 0 spiro atoms. The smallest absolute Gasteiger partial charge is 0.222 e. The van der Waals surface area contributed by atoms with Gasteiger partial charge in [0.1, 0.15) is 5.75 Å². The van der Waals surface area contributed by atoms with E-state index in [9.17, 15) is 4.79 Å². The lowest BCUT2D eigenvalue weighted by atomic mass is 10.1. The molecule has 0 fully saturated rings.